The number of phenols is 4. The van der Waals surface area contributed by atoms with Gasteiger partial charge in [-0.05, 0) is 12.1 Å². The highest BCUT2D eigenvalue weighted by molar-refractivity contribution is 5.90. The van der Waals surface area contributed by atoms with Crippen molar-refractivity contribution < 1.29 is 98.7 Å². The molecule has 10 atom stereocenters. The lowest BCUT2D eigenvalue weighted by Gasteiger charge is -2.46. The van der Waals surface area contributed by atoms with Gasteiger partial charge in [-0.15, -0.1) is 0 Å². The largest absolute Gasteiger partial charge is 0.507 e. The minimum absolute atomic E-state index is 0.0143. The topological polar surface area (TPSA) is 331 Å². The molecule has 5 unspecified atom stereocenters. The second kappa shape index (κ2) is 14.4. The lowest BCUT2D eigenvalue weighted by atomic mass is 9.97. The molecule has 5 rings (SSSR count). The van der Waals surface area contributed by atoms with Gasteiger partial charge >= 0.3 is 29.3 Å². The van der Waals surface area contributed by atoms with Crippen molar-refractivity contribution in [3.8, 4) is 40.1 Å². The smallest absolute Gasteiger partial charge is 0.402 e. The summed E-state index contributed by atoms with van der Waals surface area (Å²) in [5.74, 6) is -7.49. The number of hydrogen-bond donors (Lipinski definition) is 11. The first-order valence-corrected chi connectivity index (χ1v) is 14.5. The number of benzene rings is 2. The number of carbonyl (C=O) groups excluding carboxylic acids is 1. The fourth-order valence-corrected chi connectivity index (χ4v) is 5.33. The monoisotopic (exact) mass is 711 g/mol. The van der Waals surface area contributed by atoms with Gasteiger partial charge in [0.15, 0.2) is 36.1 Å². The first-order valence-electron chi connectivity index (χ1n) is 14.5. The van der Waals surface area contributed by atoms with Gasteiger partial charge in [-0.25, -0.2) is 9.21 Å². The Morgan fingerprint density at radius 2 is 1.50 bits per heavy atom. The Kier molecular flexibility index (Phi) is 10.5. The van der Waals surface area contributed by atoms with E-state index in [1.807, 2.05) is 0 Å². The van der Waals surface area contributed by atoms with Crippen LogP contribution < -0.4 is 4.74 Å². The molecule has 0 spiro atoms. The predicted molar refractivity (Wildman–Crippen MR) is 156 cm³/mol. The van der Waals surface area contributed by atoms with E-state index >= 15 is 0 Å². The van der Waals surface area contributed by atoms with E-state index in [1.165, 1.54) is 6.07 Å². The summed E-state index contributed by atoms with van der Waals surface area (Å²) in [6, 6.07) is 6.61. The van der Waals surface area contributed by atoms with E-state index in [1.54, 1.807) is 0 Å². The molecular weight excluding hydrogens is 680 g/mol. The molecule has 20 heteroatoms. The summed E-state index contributed by atoms with van der Waals surface area (Å²) in [6.45, 7) is -0.996. The molecule has 2 fully saturated rings. The number of aliphatic carboxylic acids is 2. The van der Waals surface area contributed by atoms with Crippen molar-refractivity contribution in [1.29, 1.82) is 0 Å². The van der Waals surface area contributed by atoms with Gasteiger partial charge in [0.1, 0.15) is 53.8 Å². The minimum Gasteiger partial charge on any atom is -0.507 e. The fraction of sp³-hybridized carbons (Fsp3) is 0.400. The molecule has 3 heterocycles. The Labute approximate surface area is 278 Å². The first kappa shape index (κ1) is 36.2. The molecule has 270 valence electrons. The van der Waals surface area contributed by atoms with Crippen molar-refractivity contribution in [3.63, 3.8) is 0 Å². The van der Waals surface area contributed by atoms with E-state index in [2.05, 4.69) is 0 Å². The molecule has 50 heavy (non-hydrogen) atoms. The lowest BCUT2D eigenvalue weighted by Crippen LogP contribution is -2.66. The molecule has 11 N–H and O–H groups in total. The lowest BCUT2D eigenvalue weighted by molar-refractivity contribution is -0.354. The number of esters is 1. The molecule has 2 saturated heterocycles. The molecule has 0 aliphatic carbocycles. The van der Waals surface area contributed by atoms with Gasteiger partial charge in [0.25, 0.3) is 0 Å². The van der Waals surface area contributed by atoms with Crippen LogP contribution in [0.15, 0.2) is 40.8 Å². The second-order valence-electron chi connectivity index (χ2n) is 11.2. The SMILES string of the molecule is O=C(O)CC(=O)O[C@@H]1C(CO)O[C@@H](Oc2cc3c(O)cc(O)cc3[o+]c2-c2ccc(O)c(O)c2)C(O[C@@H]2OC(C(=O)O)[C@@H](O)C(O)[C@H]2O)C1O. The maximum atomic E-state index is 12.3. The van der Waals surface area contributed by atoms with Crippen molar-refractivity contribution in [3.05, 3.63) is 36.4 Å². The number of ether oxygens (including phenoxy) is 5. The maximum absolute atomic E-state index is 12.3. The Balaban J connectivity index is 1.60. The van der Waals surface area contributed by atoms with Gasteiger partial charge in [0.05, 0.1) is 18.2 Å². The molecule has 3 aromatic rings. The summed E-state index contributed by atoms with van der Waals surface area (Å²) in [4.78, 5) is 35.0. The van der Waals surface area contributed by atoms with Crippen LogP contribution in [-0.2, 0) is 33.3 Å². The number of carboxylic acid groups (broad SMARTS) is 2. The number of carbonyl (C=O) groups is 3. The van der Waals surface area contributed by atoms with Gasteiger partial charge in [-0.2, -0.15) is 0 Å². The predicted octanol–water partition coefficient (Wildman–Crippen LogP) is -1.68. The van der Waals surface area contributed by atoms with E-state index < -0.39 is 115 Å². The van der Waals surface area contributed by atoms with Crippen LogP contribution in [-0.4, -0.2) is 142 Å². The molecule has 20 nitrogen and oxygen atoms in total. The number of carboxylic acids is 2. The first-order chi connectivity index (χ1) is 23.6. The molecular formula is C30H31O20+. The molecule has 1 aromatic heterocycles. The minimum atomic E-state index is -2.17. The van der Waals surface area contributed by atoms with E-state index in [4.69, 9.17) is 33.2 Å². The van der Waals surface area contributed by atoms with Gasteiger partial charge in [0, 0.05) is 18.2 Å². The van der Waals surface area contributed by atoms with Crippen LogP contribution in [0.25, 0.3) is 22.3 Å². The number of aliphatic hydroxyl groups excluding tert-OH is 5. The third kappa shape index (κ3) is 7.27. The summed E-state index contributed by atoms with van der Waals surface area (Å²) >= 11 is 0. The Morgan fingerprint density at radius 1 is 0.780 bits per heavy atom. The highest BCUT2D eigenvalue weighted by Crippen LogP contribution is 2.43. The van der Waals surface area contributed by atoms with Crippen molar-refractivity contribution in [2.24, 2.45) is 0 Å². The molecule has 0 saturated carbocycles. The van der Waals surface area contributed by atoms with Gasteiger partial charge in [-0.1, -0.05) is 0 Å². The zero-order valence-electron chi connectivity index (χ0n) is 25.2. The van der Waals surface area contributed by atoms with E-state index in [0.717, 1.165) is 30.3 Å². The summed E-state index contributed by atoms with van der Waals surface area (Å²) < 4.78 is 33.5. The van der Waals surface area contributed by atoms with Crippen LogP contribution in [0, 0.1) is 0 Å². The van der Waals surface area contributed by atoms with Crippen LogP contribution >= 0.6 is 0 Å². The third-order valence-electron chi connectivity index (χ3n) is 7.76. The highest BCUT2D eigenvalue weighted by Gasteiger charge is 2.54. The zero-order valence-corrected chi connectivity index (χ0v) is 25.2. The average Bonchev–Trinajstić information content (AvgIpc) is 3.04. The third-order valence-corrected chi connectivity index (χ3v) is 7.76. The zero-order chi connectivity index (χ0) is 36.6. The average molecular weight is 712 g/mol. The van der Waals surface area contributed by atoms with Crippen LogP contribution in [0.1, 0.15) is 6.42 Å². The summed E-state index contributed by atoms with van der Waals surface area (Å²) in [5, 5.41) is 112. The summed E-state index contributed by atoms with van der Waals surface area (Å²) in [7, 11) is 0. The van der Waals surface area contributed by atoms with E-state index in [-0.39, 0.29) is 28.0 Å². The normalized spacial score (nSPS) is 29.7. The quantitative estimate of drug-likeness (QED) is 0.0484. The Morgan fingerprint density at radius 3 is 2.14 bits per heavy atom. The number of phenolic OH excluding ortho intramolecular Hbond substituents is 4. The van der Waals surface area contributed by atoms with Gasteiger partial charge in [0.2, 0.25) is 12.0 Å². The standard InChI is InChI=1S/C30H30O20/c31-8-17-25(48-19(38)7-18(36)37)23(42)27(50-29-22(41)20(39)21(40)26(49-29)28(43)44)30(47-17)46-16-6-11-13(34)4-10(32)5-15(11)45-24(16)9-1-2-12(33)14(35)3-9/h1-6,17,20-23,25-27,29-31,39-42H,7-8H2,(H5-,32,33,34,35,36,37,43,44)/p+1/t17?,20?,21-,22+,23?,25+,26?,27?,29-,30+/m0/s1. The van der Waals surface area contributed by atoms with E-state index in [0.29, 0.717) is 0 Å². The summed E-state index contributed by atoms with van der Waals surface area (Å²) in [5.41, 5.74) is -0.111. The van der Waals surface area contributed by atoms with Crippen LogP contribution in [0.4, 0.5) is 0 Å². The number of aliphatic hydroxyl groups is 5. The molecule has 2 aliphatic heterocycles. The van der Waals surface area contributed by atoms with Crippen LogP contribution in [0.2, 0.25) is 0 Å². The number of aromatic hydroxyl groups is 4. The van der Waals surface area contributed by atoms with Crippen LogP contribution in [0.5, 0.6) is 28.7 Å². The summed E-state index contributed by atoms with van der Waals surface area (Å²) in [6.07, 6.45) is -21.7. The molecule has 2 aliphatic rings. The van der Waals surface area contributed by atoms with Crippen LogP contribution in [0.3, 0.4) is 0 Å². The number of fused-ring (bicyclic) bond motifs is 1. The second-order valence-corrected chi connectivity index (χ2v) is 11.2. The highest BCUT2D eigenvalue weighted by atomic mass is 16.8. The van der Waals surface area contributed by atoms with Gasteiger partial charge in [-0.3, -0.25) is 9.59 Å². The Bertz CT molecular complexity index is 1760. The van der Waals surface area contributed by atoms with Crippen molar-refractivity contribution >= 4 is 28.9 Å². The van der Waals surface area contributed by atoms with Gasteiger partial charge < -0.3 is 79.9 Å². The van der Waals surface area contributed by atoms with Crippen molar-refractivity contribution in [2.75, 3.05) is 6.61 Å². The Hall–Kier alpha value is -5.06. The van der Waals surface area contributed by atoms with Crippen molar-refractivity contribution in [2.45, 2.75) is 67.8 Å². The number of rotatable bonds is 10. The molecule has 0 bridgehead atoms. The van der Waals surface area contributed by atoms with Crippen molar-refractivity contribution in [1.82, 2.24) is 0 Å². The molecule has 0 amide bonds. The van der Waals surface area contributed by atoms with E-state index in [9.17, 15) is 65.4 Å². The molecule has 2 aromatic carbocycles. The fourth-order valence-electron chi connectivity index (χ4n) is 5.33. The molecule has 0 radical (unpaired) electrons. The number of hydrogen-bond acceptors (Lipinski definition) is 17. The maximum Gasteiger partial charge on any atom is 0.402 e.